The molecule has 6 heteroatoms. The number of phenolic OH excluding ortho intramolecular Hbond substituents is 1. The number of likely N-dealkylation sites (tertiary alicyclic amines) is 1. The van der Waals surface area contributed by atoms with Gasteiger partial charge in [0.2, 0.25) is 0 Å². The number of aromatic nitrogens is 2. The molecule has 2 amide bonds. The Morgan fingerprint density at radius 3 is 2.72 bits per heavy atom. The SMILES string of the molecule is Cc1cc(CCNC(=O)N2CCCC2c2cnn(C)c2)cc(C)c1O. The number of nitrogens with one attached hydrogen (secondary N) is 1. The molecule has 1 aromatic heterocycles. The zero-order valence-corrected chi connectivity index (χ0v) is 15.1. The lowest BCUT2D eigenvalue weighted by Crippen LogP contribution is -2.40. The van der Waals surface area contributed by atoms with Crippen LogP contribution in [0.5, 0.6) is 5.75 Å². The zero-order valence-electron chi connectivity index (χ0n) is 15.1. The monoisotopic (exact) mass is 342 g/mol. The van der Waals surface area contributed by atoms with Gasteiger partial charge in [-0.25, -0.2) is 4.79 Å². The molecule has 2 aromatic rings. The number of rotatable bonds is 4. The average molecular weight is 342 g/mol. The molecule has 25 heavy (non-hydrogen) atoms. The molecule has 1 atom stereocenters. The van der Waals surface area contributed by atoms with Gasteiger partial charge in [0.25, 0.3) is 0 Å². The van der Waals surface area contributed by atoms with Crippen molar-refractivity contribution in [2.75, 3.05) is 13.1 Å². The van der Waals surface area contributed by atoms with E-state index >= 15 is 0 Å². The van der Waals surface area contributed by atoms with Crippen LogP contribution in [-0.2, 0) is 13.5 Å². The summed E-state index contributed by atoms with van der Waals surface area (Å²) in [4.78, 5) is 14.5. The lowest BCUT2D eigenvalue weighted by atomic mass is 10.0. The maximum Gasteiger partial charge on any atom is 0.317 e. The van der Waals surface area contributed by atoms with Gasteiger partial charge in [-0.1, -0.05) is 12.1 Å². The number of urea groups is 1. The van der Waals surface area contributed by atoms with Gasteiger partial charge in [0.1, 0.15) is 5.75 Å². The minimum atomic E-state index is -0.0152. The summed E-state index contributed by atoms with van der Waals surface area (Å²) in [6, 6.07) is 4.05. The van der Waals surface area contributed by atoms with E-state index in [1.165, 1.54) is 0 Å². The molecule has 0 saturated carbocycles. The van der Waals surface area contributed by atoms with Crippen molar-refractivity contribution in [2.45, 2.75) is 39.2 Å². The Morgan fingerprint density at radius 1 is 1.36 bits per heavy atom. The van der Waals surface area contributed by atoms with Crippen LogP contribution < -0.4 is 5.32 Å². The maximum atomic E-state index is 12.6. The summed E-state index contributed by atoms with van der Waals surface area (Å²) in [5.74, 6) is 0.351. The van der Waals surface area contributed by atoms with Crippen LogP contribution >= 0.6 is 0 Å². The third kappa shape index (κ3) is 3.78. The first-order chi connectivity index (χ1) is 12.0. The predicted molar refractivity (Wildman–Crippen MR) is 96.6 cm³/mol. The molecule has 1 saturated heterocycles. The predicted octanol–water partition coefficient (Wildman–Crippen LogP) is 2.83. The first-order valence-electron chi connectivity index (χ1n) is 8.78. The number of carbonyl (C=O) groups excluding carboxylic acids is 1. The quantitative estimate of drug-likeness (QED) is 0.897. The minimum Gasteiger partial charge on any atom is -0.507 e. The number of benzene rings is 1. The highest BCUT2D eigenvalue weighted by Gasteiger charge is 2.30. The fraction of sp³-hybridized carbons (Fsp3) is 0.474. The summed E-state index contributed by atoms with van der Waals surface area (Å²) < 4.78 is 1.78. The second kappa shape index (κ2) is 7.17. The first kappa shape index (κ1) is 17.3. The van der Waals surface area contributed by atoms with E-state index in [9.17, 15) is 9.90 Å². The Bertz CT molecular complexity index is 746. The summed E-state index contributed by atoms with van der Waals surface area (Å²) in [6.07, 6.45) is 6.58. The number of hydrogen-bond donors (Lipinski definition) is 2. The Balaban J connectivity index is 1.57. The molecule has 0 spiro atoms. The molecule has 2 N–H and O–H groups in total. The summed E-state index contributed by atoms with van der Waals surface area (Å²) in [5.41, 5.74) is 3.97. The molecular weight excluding hydrogens is 316 g/mol. The Hall–Kier alpha value is -2.50. The number of nitrogens with zero attached hydrogens (tertiary/aromatic N) is 3. The number of hydrogen-bond acceptors (Lipinski definition) is 3. The summed E-state index contributed by atoms with van der Waals surface area (Å²) in [6.45, 7) is 5.15. The van der Waals surface area contributed by atoms with E-state index in [2.05, 4.69) is 10.4 Å². The Labute approximate surface area is 148 Å². The molecular formula is C19H26N4O2. The third-order valence-electron chi connectivity index (χ3n) is 4.86. The van der Waals surface area contributed by atoms with Crippen molar-refractivity contribution < 1.29 is 9.90 Å². The first-order valence-corrected chi connectivity index (χ1v) is 8.78. The van der Waals surface area contributed by atoms with Gasteiger partial charge in [-0.2, -0.15) is 5.10 Å². The summed E-state index contributed by atoms with van der Waals surface area (Å²) in [5, 5.41) is 17.1. The normalized spacial score (nSPS) is 17.1. The van der Waals surface area contributed by atoms with Gasteiger partial charge >= 0.3 is 6.03 Å². The second-order valence-corrected chi connectivity index (χ2v) is 6.86. The molecule has 1 unspecified atom stereocenters. The fourth-order valence-electron chi connectivity index (χ4n) is 3.57. The Kier molecular flexibility index (Phi) is 4.97. The van der Waals surface area contributed by atoms with Crippen LogP contribution in [0.15, 0.2) is 24.5 Å². The van der Waals surface area contributed by atoms with Gasteiger partial charge in [0.15, 0.2) is 0 Å². The van der Waals surface area contributed by atoms with Gasteiger partial charge in [-0.15, -0.1) is 0 Å². The largest absolute Gasteiger partial charge is 0.507 e. The summed E-state index contributed by atoms with van der Waals surface area (Å²) in [7, 11) is 1.89. The maximum absolute atomic E-state index is 12.6. The van der Waals surface area contributed by atoms with Crippen molar-refractivity contribution in [3.8, 4) is 5.75 Å². The van der Waals surface area contributed by atoms with Gasteiger partial charge in [-0.3, -0.25) is 4.68 Å². The molecule has 1 aliphatic rings. The van der Waals surface area contributed by atoms with Crippen LogP contribution in [0.2, 0.25) is 0 Å². The van der Waals surface area contributed by atoms with Crippen molar-refractivity contribution in [1.29, 1.82) is 0 Å². The topological polar surface area (TPSA) is 70.4 Å². The van der Waals surface area contributed by atoms with Crippen molar-refractivity contribution in [2.24, 2.45) is 7.05 Å². The molecule has 1 aromatic carbocycles. The van der Waals surface area contributed by atoms with Gasteiger partial charge in [0.05, 0.1) is 12.2 Å². The molecule has 1 aliphatic heterocycles. The van der Waals surface area contributed by atoms with Crippen molar-refractivity contribution in [3.05, 3.63) is 46.8 Å². The number of aromatic hydroxyl groups is 1. The highest BCUT2D eigenvalue weighted by molar-refractivity contribution is 5.75. The van der Waals surface area contributed by atoms with Crippen LogP contribution in [0.4, 0.5) is 4.79 Å². The van der Waals surface area contributed by atoms with E-state index < -0.39 is 0 Å². The van der Waals surface area contributed by atoms with Crippen LogP contribution in [0.25, 0.3) is 0 Å². The van der Waals surface area contributed by atoms with Crippen LogP contribution in [0.3, 0.4) is 0 Å². The molecule has 1 fully saturated rings. The number of amides is 2. The fourth-order valence-corrected chi connectivity index (χ4v) is 3.57. The molecule has 0 radical (unpaired) electrons. The number of aryl methyl sites for hydroxylation is 3. The number of carbonyl (C=O) groups is 1. The van der Waals surface area contributed by atoms with E-state index in [0.717, 1.165) is 48.1 Å². The van der Waals surface area contributed by atoms with Crippen molar-refractivity contribution in [3.63, 3.8) is 0 Å². The van der Waals surface area contributed by atoms with E-state index in [4.69, 9.17) is 0 Å². The molecule has 6 nitrogen and oxygen atoms in total. The van der Waals surface area contributed by atoms with E-state index in [1.54, 1.807) is 4.68 Å². The van der Waals surface area contributed by atoms with Crippen LogP contribution in [0.1, 0.15) is 41.1 Å². The minimum absolute atomic E-state index is 0.0152. The summed E-state index contributed by atoms with van der Waals surface area (Å²) >= 11 is 0. The van der Waals surface area contributed by atoms with Gasteiger partial charge < -0.3 is 15.3 Å². The van der Waals surface area contributed by atoms with Crippen LogP contribution in [0, 0.1) is 13.8 Å². The van der Waals surface area contributed by atoms with Crippen molar-refractivity contribution >= 4 is 6.03 Å². The van der Waals surface area contributed by atoms with Gasteiger partial charge in [0, 0.05) is 31.9 Å². The van der Waals surface area contributed by atoms with E-state index in [1.807, 2.05) is 50.3 Å². The molecule has 3 rings (SSSR count). The van der Waals surface area contributed by atoms with Crippen molar-refractivity contribution in [1.82, 2.24) is 20.0 Å². The lowest BCUT2D eigenvalue weighted by molar-refractivity contribution is 0.193. The lowest BCUT2D eigenvalue weighted by Gasteiger charge is -2.24. The van der Waals surface area contributed by atoms with Crippen LogP contribution in [-0.4, -0.2) is 38.9 Å². The molecule has 2 heterocycles. The smallest absolute Gasteiger partial charge is 0.317 e. The average Bonchev–Trinajstić information content (AvgIpc) is 3.20. The zero-order chi connectivity index (χ0) is 18.0. The molecule has 0 bridgehead atoms. The van der Waals surface area contributed by atoms with Gasteiger partial charge in [-0.05, 0) is 49.8 Å². The molecule has 0 aliphatic carbocycles. The second-order valence-electron chi connectivity index (χ2n) is 6.86. The van der Waals surface area contributed by atoms with E-state index in [-0.39, 0.29) is 12.1 Å². The highest BCUT2D eigenvalue weighted by atomic mass is 16.3. The molecule has 134 valence electrons. The highest BCUT2D eigenvalue weighted by Crippen LogP contribution is 2.31. The Morgan fingerprint density at radius 2 is 2.08 bits per heavy atom. The third-order valence-corrected chi connectivity index (χ3v) is 4.86. The number of phenols is 1. The standard InChI is InChI=1S/C19H26N4O2/c1-13-9-15(10-14(2)18(13)24)6-7-20-19(25)23-8-4-5-17(23)16-11-21-22(3)12-16/h9-12,17,24H,4-8H2,1-3H3,(H,20,25). The van der Waals surface area contributed by atoms with E-state index in [0.29, 0.717) is 12.3 Å².